The van der Waals surface area contributed by atoms with Gasteiger partial charge in [-0.25, -0.2) is 0 Å². The van der Waals surface area contributed by atoms with Crippen LogP contribution in [0.15, 0.2) is 29.4 Å². The Bertz CT molecular complexity index is 423. The molecule has 0 saturated heterocycles. The maximum absolute atomic E-state index is 5.18. The van der Waals surface area contributed by atoms with Crippen molar-refractivity contribution in [3.63, 3.8) is 0 Å². The largest absolute Gasteiger partial charge is 0.331 e. The minimum Gasteiger partial charge on any atom is -0.331 e. The summed E-state index contributed by atoms with van der Waals surface area (Å²) in [5.74, 6) is 0.472. The van der Waals surface area contributed by atoms with E-state index in [1.807, 2.05) is 31.2 Å². The van der Waals surface area contributed by atoms with Crippen molar-refractivity contribution in [2.75, 3.05) is 5.32 Å². The van der Waals surface area contributed by atoms with Gasteiger partial charge in [0.25, 0.3) is 0 Å². The van der Waals surface area contributed by atoms with Crippen LogP contribution in [0.4, 0.5) is 5.69 Å². The molecule has 4 heteroatoms. The van der Waals surface area contributed by atoms with Crippen LogP contribution in [0, 0.1) is 12.8 Å². The number of hydrogen-bond acceptors (Lipinski definition) is 2. The molecular weight excluding hydrogens is 242 g/mol. The standard InChI is InChI=1S/C14H21N3S/c1-5-11(3)12(4)16-17-14(18)15-13-8-6-10(2)7-9-13/h6-9,11H,5H2,1-4H3,(H2,15,17,18)/b16-12-/t11-/m0/s1. The second-order valence-corrected chi connectivity index (χ2v) is 4.90. The van der Waals surface area contributed by atoms with Crippen LogP contribution in [0.3, 0.4) is 0 Å². The highest BCUT2D eigenvalue weighted by Crippen LogP contribution is 2.08. The van der Waals surface area contributed by atoms with Crippen LogP contribution in [0.1, 0.15) is 32.8 Å². The first-order valence-electron chi connectivity index (χ1n) is 6.20. The van der Waals surface area contributed by atoms with E-state index >= 15 is 0 Å². The van der Waals surface area contributed by atoms with Gasteiger partial charge in [0.1, 0.15) is 0 Å². The molecule has 0 heterocycles. The van der Waals surface area contributed by atoms with Crippen LogP contribution >= 0.6 is 12.2 Å². The molecule has 2 N–H and O–H groups in total. The van der Waals surface area contributed by atoms with E-state index < -0.39 is 0 Å². The van der Waals surface area contributed by atoms with Crippen LogP contribution in [-0.2, 0) is 0 Å². The third kappa shape index (κ3) is 4.84. The third-order valence-corrected chi connectivity index (χ3v) is 3.16. The lowest BCUT2D eigenvalue weighted by Gasteiger charge is -2.10. The molecule has 0 aliphatic heterocycles. The molecule has 98 valence electrons. The molecule has 18 heavy (non-hydrogen) atoms. The highest BCUT2D eigenvalue weighted by molar-refractivity contribution is 7.80. The van der Waals surface area contributed by atoms with Gasteiger partial charge in [-0.3, -0.25) is 5.43 Å². The molecule has 1 aromatic carbocycles. The Morgan fingerprint density at radius 3 is 2.50 bits per heavy atom. The maximum atomic E-state index is 5.18. The summed E-state index contributed by atoms with van der Waals surface area (Å²) in [6.45, 7) is 8.36. The van der Waals surface area contributed by atoms with Gasteiger partial charge in [-0.2, -0.15) is 5.10 Å². The Hall–Kier alpha value is -1.42. The van der Waals surface area contributed by atoms with Crippen molar-refractivity contribution in [2.45, 2.75) is 34.1 Å². The maximum Gasteiger partial charge on any atom is 0.191 e. The molecule has 0 unspecified atom stereocenters. The Morgan fingerprint density at radius 1 is 1.33 bits per heavy atom. The number of benzene rings is 1. The SMILES string of the molecule is CC[C@H](C)/C(C)=N\NC(=S)Nc1ccc(C)cc1. The van der Waals surface area contributed by atoms with Gasteiger partial charge in [0, 0.05) is 11.4 Å². The van der Waals surface area contributed by atoms with E-state index in [2.05, 4.69) is 36.6 Å². The lowest BCUT2D eigenvalue weighted by molar-refractivity contribution is 0.727. The Kier molecular flexibility index (Phi) is 5.78. The van der Waals surface area contributed by atoms with Gasteiger partial charge >= 0.3 is 0 Å². The zero-order chi connectivity index (χ0) is 13.5. The van der Waals surface area contributed by atoms with Crippen molar-refractivity contribution in [1.29, 1.82) is 0 Å². The minimum atomic E-state index is 0.472. The van der Waals surface area contributed by atoms with Crippen molar-refractivity contribution in [1.82, 2.24) is 5.43 Å². The first-order chi connectivity index (χ1) is 8.52. The van der Waals surface area contributed by atoms with Gasteiger partial charge in [-0.1, -0.05) is 31.5 Å². The van der Waals surface area contributed by atoms with Crippen molar-refractivity contribution in [3.8, 4) is 0 Å². The van der Waals surface area contributed by atoms with Gasteiger partial charge < -0.3 is 5.32 Å². The average molecular weight is 263 g/mol. The van der Waals surface area contributed by atoms with Gasteiger partial charge in [-0.05, 0) is 50.5 Å². The Morgan fingerprint density at radius 2 is 1.94 bits per heavy atom. The minimum absolute atomic E-state index is 0.472. The lowest BCUT2D eigenvalue weighted by atomic mass is 10.1. The van der Waals surface area contributed by atoms with Gasteiger partial charge in [-0.15, -0.1) is 0 Å². The molecule has 1 aromatic rings. The molecule has 0 aliphatic carbocycles. The topological polar surface area (TPSA) is 36.4 Å². The smallest absolute Gasteiger partial charge is 0.191 e. The van der Waals surface area contributed by atoms with E-state index in [0.29, 0.717) is 11.0 Å². The predicted molar refractivity (Wildman–Crippen MR) is 83.1 cm³/mol. The molecule has 1 rings (SSSR count). The Labute approximate surface area is 115 Å². The zero-order valence-corrected chi connectivity index (χ0v) is 12.3. The van der Waals surface area contributed by atoms with E-state index in [-0.39, 0.29) is 0 Å². The van der Waals surface area contributed by atoms with Gasteiger partial charge in [0.05, 0.1) is 0 Å². The number of nitrogens with zero attached hydrogens (tertiary/aromatic N) is 1. The van der Waals surface area contributed by atoms with E-state index in [1.165, 1.54) is 5.56 Å². The molecule has 1 atom stereocenters. The molecular formula is C14H21N3S. The first-order valence-corrected chi connectivity index (χ1v) is 6.61. The van der Waals surface area contributed by atoms with Crippen LogP contribution in [-0.4, -0.2) is 10.8 Å². The summed E-state index contributed by atoms with van der Waals surface area (Å²) in [5, 5.41) is 7.88. The summed E-state index contributed by atoms with van der Waals surface area (Å²) in [4.78, 5) is 0. The summed E-state index contributed by atoms with van der Waals surface area (Å²) >= 11 is 5.18. The van der Waals surface area contributed by atoms with Crippen LogP contribution in [0.5, 0.6) is 0 Å². The number of aryl methyl sites for hydroxylation is 1. The summed E-state index contributed by atoms with van der Waals surface area (Å²) in [5.41, 5.74) is 6.12. The number of hydrogen-bond donors (Lipinski definition) is 2. The van der Waals surface area contributed by atoms with E-state index in [9.17, 15) is 0 Å². The summed E-state index contributed by atoms with van der Waals surface area (Å²) in [7, 11) is 0. The fourth-order valence-corrected chi connectivity index (χ4v) is 1.50. The molecule has 0 bridgehead atoms. The van der Waals surface area contributed by atoms with Crippen LogP contribution in [0.25, 0.3) is 0 Å². The molecule has 0 saturated carbocycles. The zero-order valence-electron chi connectivity index (χ0n) is 11.4. The van der Waals surface area contributed by atoms with Crippen molar-refractivity contribution < 1.29 is 0 Å². The fourth-order valence-electron chi connectivity index (χ4n) is 1.34. The second-order valence-electron chi connectivity index (χ2n) is 4.49. The van der Waals surface area contributed by atoms with E-state index in [1.54, 1.807) is 0 Å². The number of nitrogens with one attached hydrogen (secondary N) is 2. The Balaban J connectivity index is 2.49. The molecule has 3 nitrogen and oxygen atoms in total. The molecule has 0 amide bonds. The highest BCUT2D eigenvalue weighted by atomic mass is 32.1. The van der Waals surface area contributed by atoms with Gasteiger partial charge in [0.15, 0.2) is 5.11 Å². The molecule has 0 aliphatic rings. The second kappa shape index (κ2) is 7.11. The van der Waals surface area contributed by atoms with E-state index in [4.69, 9.17) is 12.2 Å². The van der Waals surface area contributed by atoms with Crippen LogP contribution in [0.2, 0.25) is 0 Å². The fraction of sp³-hybridized carbons (Fsp3) is 0.429. The first kappa shape index (κ1) is 14.6. The van der Waals surface area contributed by atoms with Crippen molar-refractivity contribution in [3.05, 3.63) is 29.8 Å². The van der Waals surface area contributed by atoms with Gasteiger partial charge in [0.2, 0.25) is 0 Å². The molecule has 0 radical (unpaired) electrons. The average Bonchev–Trinajstić information content (AvgIpc) is 2.37. The monoisotopic (exact) mass is 263 g/mol. The summed E-state index contributed by atoms with van der Waals surface area (Å²) < 4.78 is 0. The normalized spacial score (nSPS) is 13.0. The number of hydrazone groups is 1. The lowest BCUT2D eigenvalue weighted by Crippen LogP contribution is -2.25. The number of rotatable bonds is 4. The predicted octanol–water partition coefficient (Wildman–Crippen LogP) is 3.70. The van der Waals surface area contributed by atoms with Crippen LogP contribution < -0.4 is 10.7 Å². The number of thiocarbonyl (C=S) groups is 1. The third-order valence-electron chi connectivity index (χ3n) is 2.97. The molecule has 0 spiro atoms. The number of anilines is 1. The summed E-state index contributed by atoms with van der Waals surface area (Å²) in [6.07, 6.45) is 1.08. The summed E-state index contributed by atoms with van der Waals surface area (Å²) in [6, 6.07) is 8.07. The molecule has 0 aromatic heterocycles. The van der Waals surface area contributed by atoms with Crippen molar-refractivity contribution >= 4 is 28.7 Å². The van der Waals surface area contributed by atoms with E-state index in [0.717, 1.165) is 17.8 Å². The molecule has 0 fully saturated rings. The highest BCUT2D eigenvalue weighted by Gasteiger charge is 2.02. The quantitative estimate of drug-likeness (QED) is 0.494. The van der Waals surface area contributed by atoms with Crippen molar-refractivity contribution in [2.24, 2.45) is 11.0 Å².